The number of carbonyl (C=O) groups excluding carboxylic acids is 2. The molecule has 0 saturated carbocycles. The minimum absolute atomic E-state index is 0.0851. The molecule has 1 N–H and O–H groups in total. The zero-order valence-corrected chi connectivity index (χ0v) is 11.3. The maximum atomic E-state index is 12.5. The minimum atomic E-state index is -0.414. The van der Waals surface area contributed by atoms with Gasteiger partial charge in [0.15, 0.2) is 0 Å². The lowest BCUT2D eigenvalue weighted by Gasteiger charge is -2.32. The van der Waals surface area contributed by atoms with Crippen LogP contribution >= 0.6 is 0 Å². The Morgan fingerprint density at radius 2 is 1.95 bits per heavy atom. The fourth-order valence-corrected chi connectivity index (χ4v) is 2.55. The van der Waals surface area contributed by atoms with E-state index in [0.29, 0.717) is 18.7 Å². The van der Waals surface area contributed by atoms with E-state index in [1.54, 1.807) is 11.8 Å². The van der Waals surface area contributed by atoms with Crippen LogP contribution < -0.4 is 5.32 Å². The highest BCUT2D eigenvalue weighted by molar-refractivity contribution is 6.01. The van der Waals surface area contributed by atoms with Crippen LogP contribution in [0.1, 0.15) is 17.3 Å². The molecule has 1 saturated heterocycles. The smallest absolute Gasteiger partial charge is 0.254 e. The number of hydrogen-bond acceptors (Lipinski definition) is 2. The summed E-state index contributed by atoms with van der Waals surface area (Å²) in [6.45, 7) is 2.83. The second-order valence-corrected chi connectivity index (χ2v) is 5.03. The molecule has 4 heteroatoms. The van der Waals surface area contributed by atoms with Gasteiger partial charge in [0.2, 0.25) is 5.91 Å². The molecule has 4 nitrogen and oxygen atoms in total. The van der Waals surface area contributed by atoms with Crippen LogP contribution in [0, 0.1) is 0 Å². The van der Waals surface area contributed by atoms with E-state index in [1.165, 1.54) is 0 Å². The summed E-state index contributed by atoms with van der Waals surface area (Å²) in [4.78, 5) is 25.8. The van der Waals surface area contributed by atoms with E-state index in [9.17, 15) is 9.59 Å². The van der Waals surface area contributed by atoms with E-state index >= 15 is 0 Å². The summed E-state index contributed by atoms with van der Waals surface area (Å²) in [5.74, 6) is -0.177. The molecule has 0 radical (unpaired) electrons. The molecular weight excluding hydrogens is 252 g/mol. The zero-order chi connectivity index (χ0) is 14.1. The van der Waals surface area contributed by atoms with Crippen molar-refractivity contribution in [3.8, 4) is 0 Å². The number of fused-ring (bicyclic) bond motifs is 1. The quantitative estimate of drug-likeness (QED) is 0.857. The molecule has 1 atom stereocenters. The average Bonchev–Trinajstić information content (AvgIpc) is 2.49. The second-order valence-electron chi connectivity index (χ2n) is 5.03. The van der Waals surface area contributed by atoms with Crippen LogP contribution in [-0.2, 0) is 4.79 Å². The Balaban J connectivity index is 1.93. The normalized spacial score (nSPS) is 18.9. The van der Waals surface area contributed by atoms with Crippen LogP contribution in [0.3, 0.4) is 0 Å². The fraction of sp³-hybridized carbons (Fsp3) is 0.250. The van der Waals surface area contributed by atoms with Crippen LogP contribution in [-0.4, -0.2) is 35.8 Å². The molecule has 1 heterocycles. The van der Waals surface area contributed by atoms with E-state index in [2.05, 4.69) is 5.32 Å². The molecule has 2 amide bonds. The highest BCUT2D eigenvalue weighted by Crippen LogP contribution is 2.18. The topological polar surface area (TPSA) is 49.4 Å². The molecular formula is C16H16N2O2. The first-order valence-corrected chi connectivity index (χ1v) is 6.74. The van der Waals surface area contributed by atoms with Gasteiger partial charge in [-0.25, -0.2) is 0 Å². The molecule has 1 fully saturated rings. The zero-order valence-electron chi connectivity index (χ0n) is 11.3. The first kappa shape index (κ1) is 12.7. The molecule has 1 aliphatic rings. The summed E-state index contributed by atoms with van der Waals surface area (Å²) in [6, 6.07) is 13.2. The molecule has 20 heavy (non-hydrogen) atoms. The van der Waals surface area contributed by atoms with E-state index in [4.69, 9.17) is 0 Å². The van der Waals surface area contributed by atoms with Gasteiger partial charge in [0.25, 0.3) is 5.91 Å². The fourth-order valence-electron chi connectivity index (χ4n) is 2.55. The third-order valence-electron chi connectivity index (χ3n) is 3.76. The molecule has 1 aliphatic heterocycles. The monoisotopic (exact) mass is 268 g/mol. The molecule has 2 aromatic rings. The van der Waals surface area contributed by atoms with Gasteiger partial charge in [0, 0.05) is 18.7 Å². The van der Waals surface area contributed by atoms with E-state index < -0.39 is 6.04 Å². The van der Waals surface area contributed by atoms with Crippen molar-refractivity contribution in [1.29, 1.82) is 0 Å². The highest BCUT2D eigenvalue weighted by atomic mass is 16.2. The predicted molar refractivity (Wildman–Crippen MR) is 77.5 cm³/mol. The molecule has 2 aromatic carbocycles. The van der Waals surface area contributed by atoms with Gasteiger partial charge in [-0.3, -0.25) is 9.59 Å². The average molecular weight is 268 g/mol. The van der Waals surface area contributed by atoms with Gasteiger partial charge in [-0.15, -0.1) is 0 Å². The van der Waals surface area contributed by atoms with Crippen LogP contribution in [0.4, 0.5) is 0 Å². The van der Waals surface area contributed by atoms with Gasteiger partial charge in [-0.05, 0) is 29.8 Å². The number of carbonyl (C=O) groups is 2. The highest BCUT2D eigenvalue weighted by Gasteiger charge is 2.29. The number of rotatable bonds is 1. The lowest BCUT2D eigenvalue weighted by Crippen LogP contribution is -2.55. The predicted octanol–water partition coefficient (Wildman–Crippen LogP) is 1.80. The van der Waals surface area contributed by atoms with Gasteiger partial charge < -0.3 is 10.2 Å². The first-order valence-electron chi connectivity index (χ1n) is 6.74. The first-order chi connectivity index (χ1) is 9.66. The van der Waals surface area contributed by atoms with Crippen molar-refractivity contribution in [3.05, 3.63) is 48.0 Å². The SMILES string of the molecule is CC1C(=O)NCCN1C(=O)c1ccc2ccccc2c1. The summed E-state index contributed by atoms with van der Waals surface area (Å²) in [7, 11) is 0. The Bertz CT molecular complexity index is 681. The largest absolute Gasteiger partial charge is 0.353 e. The van der Waals surface area contributed by atoms with Crippen LogP contribution in [0.2, 0.25) is 0 Å². The number of benzene rings is 2. The van der Waals surface area contributed by atoms with Crippen LogP contribution in [0.5, 0.6) is 0 Å². The van der Waals surface area contributed by atoms with E-state index in [1.807, 2.05) is 42.5 Å². The summed E-state index contributed by atoms with van der Waals surface area (Å²) < 4.78 is 0. The van der Waals surface area contributed by atoms with Gasteiger partial charge in [0.05, 0.1) is 0 Å². The lowest BCUT2D eigenvalue weighted by atomic mass is 10.1. The third kappa shape index (κ3) is 2.13. The van der Waals surface area contributed by atoms with Crippen molar-refractivity contribution in [2.45, 2.75) is 13.0 Å². The standard InChI is InChI=1S/C16H16N2O2/c1-11-15(19)17-8-9-18(11)16(20)14-7-6-12-4-2-3-5-13(12)10-14/h2-7,10-11H,8-9H2,1H3,(H,17,19). The number of hydrogen-bond donors (Lipinski definition) is 1. The molecule has 3 rings (SSSR count). The van der Waals surface area contributed by atoms with Gasteiger partial charge in [-0.1, -0.05) is 30.3 Å². The van der Waals surface area contributed by atoms with Gasteiger partial charge in [-0.2, -0.15) is 0 Å². The second kappa shape index (κ2) is 4.96. The van der Waals surface area contributed by atoms with Crippen molar-refractivity contribution < 1.29 is 9.59 Å². The van der Waals surface area contributed by atoms with E-state index in [-0.39, 0.29) is 11.8 Å². The third-order valence-corrected chi connectivity index (χ3v) is 3.76. The summed E-state index contributed by atoms with van der Waals surface area (Å²) in [5.41, 5.74) is 0.630. The Kier molecular flexibility index (Phi) is 3.14. The minimum Gasteiger partial charge on any atom is -0.353 e. The maximum absolute atomic E-state index is 12.5. The summed E-state index contributed by atoms with van der Waals surface area (Å²) in [6.07, 6.45) is 0. The molecule has 0 aliphatic carbocycles. The van der Waals surface area contributed by atoms with E-state index in [0.717, 1.165) is 10.8 Å². The van der Waals surface area contributed by atoms with Crippen molar-refractivity contribution in [3.63, 3.8) is 0 Å². The number of piperazine rings is 1. The Labute approximate surface area is 117 Å². The molecule has 102 valence electrons. The molecule has 0 spiro atoms. The van der Waals surface area contributed by atoms with Crippen molar-refractivity contribution in [1.82, 2.24) is 10.2 Å². The van der Waals surface area contributed by atoms with Crippen molar-refractivity contribution in [2.24, 2.45) is 0 Å². The molecule has 0 aromatic heterocycles. The summed E-state index contributed by atoms with van der Waals surface area (Å²) >= 11 is 0. The van der Waals surface area contributed by atoms with Gasteiger partial charge >= 0.3 is 0 Å². The molecule has 0 bridgehead atoms. The summed E-state index contributed by atoms with van der Waals surface area (Å²) in [5, 5.41) is 4.90. The van der Waals surface area contributed by atoms with Crippen molar-refractivity contribution in [2.75, 3.05) is 13.1 Å². The maximum Gasteiger partial charge on any atom is 0.254 e. The van der Waals surface area contributed by atoms with Gasteiger partial charge in [0.1, 0.15) is 6.04 Å². The number of nitrogens with zero attached hydrogens (tertiary/aromatic N) is 1. The number of amides is 2. The van der Waals surface area contributed by atoms with Crippen LogP contribution in [0.15, 0.2) is 42.5 Å². The number of nitrogens with one attached hydrogen (secondary N) is 1. The Morgan fingerprint density at radius 1 is 1.20 bits per heavy atom. The molecule has 1 unspecified atom stereocenters. The Morgan fingerprint density at radius 3 is 2.75 bits per heavy atom. The van der Waals surface area contributed by atoms with Crippen molar-refractivity contribution >= 4 is 22.6 Å². The lowest BCUT2D eigenvalue weighted by molar-refractivity contribution is -0.127. The van der Waals surface area contributed by atoms with Crippen LogP contribution in [0.25, 0.3) is 10.8 Å². The Hall–Kier alpha value is -2.36.